The summed E-state index contributed by atoms with van der Waals surface area (Å²) in [6, 6.07) is 13.7. The van der Waals surface area contributed by atoms with Crippen molar-refractivity contribution in [3.05, 3.63) is 53.1 Å². The molecule has 27 heavy (non-hydrogen) atoms. The lowest BCUT2D eigenvalue weighted by Gasteiger charge is -2.34. The van der Waals surface area contributed by atoms with E-state index >= 15 is 0 Å². The monoisotopic (exact) mass is 391 g/mol. The number of hydrogen-bond acceptors (Lipinski definition) is 4. The normalized spacial score (nSPS) is 16.2. The number of quaternary nitrogens is 1. The fraction of sp³-hybridized carbons (Fsp3) is 0.429. The Morgan fingerprint density at radius 2 is 1.78 bits per heavy atom. The second-order valence-corrected chi connectivity index (χ2v) is 7.42. The predicted octanol–water partition coefficient (Wildman–Crippen LogP) is 1.80. The Hall–Kier alpha value is -1.95. The average molecular weight is 392 g/mol. The zero-order chi connectivity index (χ0) is 19.2. The molecule has 1 aliphatic heterocycles. The predicted molar refractivity (Wildman–Crippen MR) is 108 cm³/mol. The number of ether oxygens (including phenoxy) is 2. The lowest BCUT2D eigenvalue weighted by atomic mass is 10.2. The van der Waals surface area contributed by atoms with Gasteiger partial charge in [0.25, 0.3) is 0 Å². The molecule has 1 aliphatic rings. The maximum atomic E-state index is 10.3. The van der Waals surface area contributed by atoms with Gasteiger partial charge in [-0.3, -0.25) is 0 Å². The first kappa shape index (κ1) is 19.8. The van der Waals surface area contributed by atoms with Crippen molar-refractivity contribution in [1.82, 2.24) is 0 Å². The molecular formula is C21H28ClN2O3+. The molecular weight excluding hydrogens is 364 g/mol. The van der Waals surface area contributed by atoms with Crippen LogP contribution >= 0.6 is 11.6 Å². The Morgan fingerprint density at radius 3 is 2.41 bits per heavy atom. The molecule has 2 aromatic carbocycles. The van der Waals surface area contributed by atoms with Crippen LogP contribution in [0.2, 0.25) is 5.02 Å². The molecule has 0 spiro atoms. The Balaban J connectivity index is 1.42. The van der Waals surface area contributed by atoms with Crippen LogP contribution in [0.1, 0.15) is 5.56 Å². The number of benzene rings is 2. The number of halogens is 1. The fourth-order valence-electron chi connectivity index (χ4n) is 3.37. The highest BCUT2D eigenvalue weighted by Gasteiger charge is 2.23. The van der Waals surface area contributed by atoms with Gasteiger partial charge in [0.15, 0.2) is 0 Å². The quantitative estimate of drug-likeness (QED) is 0.755. The highest BCUT2D eigenvalue weighted by Crippen LogP contribution is 2.21. The lowest BCUT2D eigenvalue weighted by Crippen LogP contribution is -3.16. The Kier molecular flexibility index (Phi) is 6.83. The molecule has 0 amide bonds. The van der Waals surface area contributed by atoms with E-state index in [2.05, 4.69) is 17.0 Å². The maximum Gasteiger partial charge on any atom is 0.137 e. The molecule has 0 aromatic heterocycles. The molecule has 0 radical (unpaired) electrons. The molecule has 2 aromatic rings. The molecule has 0 aliphatic carbocycles. The summed E-state index contributed by atoms with van der Waals surface area (Å²) in [7, 11) is 1.68. The number of aliphatic hydroxyl groups excluding tert-OH is 1. The van der Waals surface area contributed by atoms with Crippen LogP contribution in [-0.4, -0.2) is 57.7 Å². The van der Waals surface area contributed by atoms with Crippen LogP contribution in [-0.2, 0) is 0 Å². The van der Waals surface area contributed by atoms with Gasteiger partial charge in [-0.1, -0.05) is 11.6 Å². The molecule has 1 unspecified atom stereocenters. The summed E-state index contributed by atoms with van der Waals surface area (Å²) in [5.41, 5.74) is 2.20. The largest absolute Gasteiger partial charge is 0.497 e. The van der Waals surface area contributed by atoms with E-state index in [9.17, 15) is 5.11 Å². The van der Waals surface area contributed by atoms with Crippen molar-refractivity contribution in [1.29, 1.82) is 0 Å². The lowest BCUT2D eigenvalue weighted by molar-refractivity contribution is -0.903. The van der Waals surface area contributed by atoms with Crippen molar-refractivity contribution >= 4 is 17.3 Å². The zero-order valence-corrected chi connectivity index (χ0v) is 16.7. The minimum atomic E-state index is -0.483. The summed E-state index contributed by atoms with van der Waals surface area (Å²) >= 11 is 6.02. The molecule has 2 N–H and O–H groups in total. The van der Waals surface area contributed by atoms with Gasteiger partial charge >= 0.3 is 0 Å². The van der Waals surface area contributed by atoms with E-state index in [-0.39, 0.29) is 0 Å². The number of aliphatic hydroxyl groups is 1. The molecule has 146 valence electrons. The summed E-state index contributed by atoms with van der Waals surface area (Å²) in [5, 5.41) is 11.1. The van der Waals surface area contributed by atoms with Gasteiger partial charge in [-0.2, -0.15) is 0 Å². The molecule has 6 heteroatoms. The molecule has 3 rings (SSSR count). The average Bonchev–Trinajstić information content (AvgIpc) is 2.69. The molecule has 0 bridgehead atoms. The van der Waals surface area contributed by atoms with Crippen molar-refractivity contribution in [2.24, 2.45) is 0 Å². The van der Waals surface area contributed by atoms with E-state index in [0.717, 1.165) is 48.3 Å². The number of nitrogens with zero attached hydrogens (tertiary/aromatic N) is 1. The van der Waals surface area contributed by atoms with Gasteiger partial charge in [-0.05, 0) is 55.0 Å². The number of rotatable bonds is 7. The van der Waals surface area contributed by atoms with Gasteiger partial charge in [-0.25, -0.2) is 0 Å². The second kappa shape index (κ2) is 9.31. The SMILES string of the molecule is COc1ccc(N2CC[NH+](CC(O)COc3ccc(Cl)c(C)c3)CC2)cc1. The van der Waals surface area contributed by atoms with Crippen LogP contribution in [0.3, 0.4) is 0 Å². The van der Waals surface area contributed by atoms with Crippen molar-refractivity contribution in [2.75, 3.05) is 51.3 Å². The van der Waals surface area contributed by atoms with Crippen molar-refractivity contribution in [3.8, 4) is 11.5 Å². The highest BCUT2D eigenvalue weighted by molar-refractivity contribution is 6.31. The van der Waals surface area contributed by atoms with E-state index in [1.165, 1.54) is 10.6 Å². The minimum absolute atomic E-state index is 0.298. The number of aryl methyl sites for hydroxylation is 1. The van der Waals surface area contributed by atoms with E-state index < -0.39 is 6.10 Å². The van der Waals surface area contributed by atoms with E-state index in [1.54, 1.807) is 7.11 Å². The third kappa shape index (κ3) is 5.51. The zero-order valence-electron chi connectivity index (χ0n) is 16.0. The van der Waals surface area contributed by atoms with Gasteiger partial charge in [0.05, 0.1) is 33.3 Å². The topological polar surface area (TPSA) is 46.4 Å². The standard InChI is InChI=1S/C21H27ClN2O3/c1-16-13-20(7-8-21(16)22)27-15-18(25)14-23-9-11-24(12-10-23)17-3-5-19(26-2)6-4-17/h3-8,13,18,25H,9-12,14-15H2,1-2H3/p+1. The molecule has 0 saturated carbocycles. The summed E-state index contributed by atoms with van der Waals surface area (Å²) < 4.78 is 10.9. The minimum Gasteiger partial charge on any atom is -0.497 e. The first-order chi connectivity index (χ1) is 13.0. The molecule has 5 nitrogen and oxygen atoms in total. The van der Waals surface area contributed by atoms with Crippen LogP contribution in [0.15, 0.2) is 42.5 Å². The van der Waals surface area contributed by atoms with Gasteiger partial charge < -0.3 is 24.4 Å². The third-order valence-corrected chi connectivity index (χ3v) is 5.43. The van der Waals surface area contributed by atoms with Crippen LogP contribution < -0.4 is 19.3 Å². The van der Waals surface area contributed by atoms with Gasteiger partial charge in [0.2, 0.25) is 0 Å². The Bertz CT molecular complexity index is 731. The summed E-state index contributed by atoms with van der Waals surface area (Å²) in [5.74, 6) is 1.62. The van der Waals surface area contributed by atoms with Crippen molar-refractivity contribution < 1.29 is 19.5 Å². The van der Waals surface area contributed by atoms with Gasteiger partial charge in [0, 0.05) is 10.7 Å². The summed E-state index contributed by atoms with van der Waals surface area (Å²) in [6.45, 7) is 6.90. The second-order valence-electron chi connectivity index (χ2n) is 7.02. The van der Waals surface area contributed by atoms with Crippen LogP contribution in [0.25, 0.3) is 0 Å². The van der Waals surface area contributed by atoms with Crippen LogP contribution in [0.5, 0.6) is 11.5 Å². The molecule has 1 saturated heterocycles. The highest BCUT2D eigenvalue weighted by atomic mass is 35.5. The first-order valence-corrected chi connectivity index (χ1v) is 9.72. The number of methoxy groups -OCH3 is 1. The maximum absolute atomic E-state index is 10.3. The summed E-state index contributed by atoms with van der Waals surface area (Å²) in [4.78, 5) is 3.78. The van der Waals surface area contributed by atoms with Crippen molar-refractivity contribution in [2.45, 2.75) is 13.0 Å². The Labute approximate surface area is 166 Å². The first-order valence-electron chi connectivity index (χ1n) is 9.34. The molecule has 1 fully saturated rings. The number of piperazine rings is 1. The van der Waals surface area contributed by atoms with Gasteiger partial charge in [-0.15, -0.1) is 0 Å². The third-order valence-electron chi connectivity index (χ3n) is 5.00. The fourth-order valence-corrected chi connectivity index (χ4v) is 3.49. The van der Waals surface area contributed by atoms with E-state index in [0.29, 0.717) is 13.2 Å². The Morgan fingerprint density at radius 1 is 1.11 bits per heavy atom. The molecule has 1 heterocycles. The number of nitrogens with one attached hydrogen (secondary N) is 1. The number of hydrogen-bond donors (Lipinski definition) is 2. The smallest absolute Gasteiger partial charge is 0.137 e. The van der Waals surface area contributed by atoms with Crippen LogP contribution in [0, 0.1) is 6.92 Å². The van der Waals surface area contributed by atoms with E-state index in [4.69, 9.17) is 21.1 Å². The summed E-state index contributed by atoms with van der Waals surface area (Å²) in [6.07, 6.45) is -0.483. The number of anilines is 1. The van der Waals surface area contributed by atoms with Crippen molar-refractivity contribution in [3.63, 3.8) is 0 Å². The van der Waals surface area contributed by atoms with E-state index in [1.807, 2.05) is 37.3 Å². The van der Waals surface area contributed by atoms with Gasteiger partial charge in [0.1, 0.15) is 30.8 Å². The molecule has 1 atom stereocenters. The van der Waals surface area contributed by atoms with Crippen LogP contribution in [0.4, 0.5) is 5.69 Å².